The molecule has 5 nitrogen and oxygen atoms in total. The number of sulfonamides is 1. The van der Waals surface area contributed by atoms with E-state index in [1.54, 1.807) is 30.3 Å². The molecule has 174 valence electrons. The number of amides is 1. The highest BCUT2D eigenvalue weighted by Crippen LogP contribution is 2.36. The van der Waals surface area contributed by atoms with E-state index in [0.29, 0.717) is 11.6 Å². The van der Waals surface area contributed by atoms with Gasteiger partial charge in [-0.25, -0.2) is 12.8 Å². The normalized spacial score (nSPS) is 12.9. The molecule has 0 bridgehead atoms. The number of anilines is 1. The molecule has 2 N–H and O–H groups in total. The van der Waals surface area contributed by atoms with E-state index in [1.165, 1.54) is 6.07 Å². The second-order valence-electron chi connectivity index (χ2n) is 6.99. The monoisotopic (exact) mass is 500 g/mol. The minimum absolute atomic E-state index is 0.151. The van der Waals surface area contributed by atoms with Crippen LogP contribution in [0.15, 0.2) is 77.7 Å². The lowest BCUT2D eigenvalue weighted by molar-refractivity contribution is -0.137. The van der Waals surface area contributed by atoms with Gasteiger partial charge in [-0.3, -0.25) is 4.79 Å². The zero-order valence-corrected chi connectivity index (χ0v) is 18.3. The van der Waals surface area contributed by atoms with Crippen LogP contribution in [0.2, 0.25) is 5.02 Å². The molecule has 0 aliphatic carbocycles. The number of carbonyl (C=O) groups is 1. The smallest absolute Gasteiger partial charge is 0.324 e. The average Bonchev–Trinajstić information content (AvgIpc) is 2.74. The Balaban J connectivity index is 1.93. The first-order chi connectivity index (χ1) is 15.5. The molecule has 0 spiro atoms. The highest BCUT2D eigenvalue weighted by atomic mass is 35.5. The third kappa shape index (κ3) is 6.53. The summed E-state index contributed by atoms with van der Waals surface area (Å²) in [7, 11) is -4.30. The number of benzene rings is 3. The van der Waals surface area contributed by atoms with E-state index in [1.807, 2.05) is 0 Å². The summed E-state index contributed by atoms with van der Waals surface area (Å²) in [5.41, 5.74) is -1.19. The number of nitrogens with one attached hydrogen (secondary N) is 2. The van der Waals surface area contributed by atoms with E-state index in [-0.39, 0.29) is 16.3 Å². The van der Waals surface area contributed by atoms with Crippen LogP contribution < -0.4 is 10.0 Å². The summed E-state index contributed by atoms with van der Waals surface area (Å²) in [6, 6.07) is 13.5. The Hall–Kier alpha value is -2.95. The van der Waals surface area contributed by atoms with Crippen molar-refractivity contribution in [2.45, 2.75) is 23.5 Å². The summed E-state index contributed by atoms with van der Waals surface area (Å²) in [5.74, 6) is -1.67. The van der Waals surface area contributed by atoms with Gasteiger partial charge in [-0.15, -0.1) is 0 Å². The van der Waals surface area contributed by atoms with Crippen molar-refractivity contribution in [1.82, 2.24) is 4.72 Å². The topological polar surface area (TPSA) is 75.3 Å². The van der Waals surface area contributed by atoms with Crippen LogP contribution in [0.25, 0.3) is 0 Å². The average molecular weight is 501 g/mol. The Morgan fingerprint density at radius 2 is 1.61 bits per heavy atom. The summed E-state index contributed by atoms with van der Waals surface area (Å²) < 4.78 is 81.1. The van der Waals surface area contributed by atoms with E-state index in [2.05, 4.69) is 10.0 Å². The van der Waals surface area contributed by atoms with Crippen LogP contribution in [0.5, 0.6) is 0 Å². The SMILES string of the molecule is O=C(Nc1ccc(Cl)cc1C(F)(F)F)[C@@H](Cc1ccccc1)NS(=O)(=O)c1ccc(F)cc1. The number of carbonyl (C=O) groups excluding carboxylic acids is 1. The second kappa shape index (κ2) is 9.90. The quantitative estimate of drug-likeness (QED) is 0.447. The van der Waals surface area contributed by atoms with Gasteiger partial charge in [0.1, 0.15) is 11.9 Å². The highest BCUT2D eigenvalue weighted by Gasteiger charge is 2.35. The third-order valence-electron chi connectivity index (χ3n) is 4.57. The van der Waals surface area contributed by atoms with E-state index < -0.39 is 45.2 Å². The molecule has 0 unspecified atom stereocenters. The Kier molecular flexibility index (Phi) is 7.41. The molecule has 1 amide bonds. The predicted molar refractivity (Wildman–Crippen MR) is 116 cm³/mol. The Morgan fingerprint density at radius 3 is 2.21 bits per heavy atom. The molecule has 0 radical (unpaired) electrons. The minimum Gasteiger partial charge on any atom is -0.324 e. The van der Waals surface area contributed by atoms with Crippen LogP contribution in [0.1, 0.15) is 11.1 Å². The Bertz CT molecular complexity index is 1230. The van der Waals surface area contributed by atoms with Gasteiger partial charge in [-0.1, -0.05) is 41.9 Å². The molecule has 0 heterocycles. The summed E-state index contributed by atoms with van der Waals surface area (Å²) in [4.78, 5) is 12.6. The lowest BCUT2D eigenvalue weighted by atomic mass is 10.1. The van der Waals surface area contributed by atoms with Crippen molar-refractivity contribution in [3.8, 4) is 0 Å². The van der Waals surface area contributed by atoms with Crippen molar-refractivity contribution in [3.63, 3.8) is 0 Å². The van der Waals surface area contributed by atoms with Gasteiger partial charge in [0.05, 0.1) is 16.1 Å². The van der Waals surface area contributed by atoms with E-state index in [4.69, 9.17) is 11.6 Å². The van der Waals surface area contributed by atoms with Gasteiger partial charge >= 0.3 is 6.18 Å². The van der Waals surface area contributed by atoms with Gasteiger partial charge in [0.15, 0.2) is 0 Å². The van der Waals surface area contributed by atoms with Crippen LogP contribution in [0.4, 0.5) is 23.2 Å². The van der Waals surface area contributed by atoms with Crippen LogP contribution in [-0.2, 0) is 27.4 Å². The van der Waals surface area contributed by atoms with Gasteiger partial charge in [0, 0.05) is 5.02 Å². The predicted octanol–water partition coefficient (Wildman–Crippen LogP) is 5.03. The largest absolute Gasteiger partial charge is 0.418 e. The number of hydrogen-bond donors (Lipinski definition) is 2. The Morgan fingerprint density at radius 1 is 0.970 bits per heavy atom. The molecule has 1 atom stereocenters. The fraction of sp³-hybridized carbons (Fsp3) is 0.136. The molecule has 3 aromatic rings. The number of rotatable bonds is 7. The lowest BCUT2D eigenvalue weighted by Crippen LogP contribution is -2.45. The molecule has 0 aliphatic rings. The van der Waals surface area contributed by atoms with Crippen LogP contribution in [-0.4, -0.2) is 20.4 Å². The molecular formula is C22H17ClF4N2O3S. The van der Waals surface area contributed by atoms with Gasteiger partial charge in [0.2, 0.25) is 15.9 Å². The molecule has 3 aromatic carbocycles. The molecule has 11 heteroatoms. The lowest BCUT2D eigenvalue weighted by Gasteiger charge is -2.20. The first kappa shape index (κ1) is 24.7. The van der Waals surface area contributed by atoms with Crippen molar-refractivity contribution < 1.29 is 30.8 Å². The van der Waals surface area contributed by atoms with Crippen molar-refractivity contribution in [1.29, 1.82) is 0 Å². The summed E-state index contributed by atoms with van der Waals surface area (Å²) in [5, 5.41) is 1.96. The molecule has 3 rings (SSSR count). The van der Waals surface area contributed by atoms with E-state index in [0.717, 1.165) is 30.3 Å². The van der Waals surface area contributed by atoms with E-state index >= 15 is 0 Å². The van der Waals surface area contributed by atoms with Crippen molar-refractivity contribution >= 4 is 33.2 Å². The molecule has 0 saturated carbocycles. The third-order valence-corrected chi connectivity index (χ3v) is 6.29. The molecule has 0 fully saturated rings. The first-order valence-electron chi connectivity index (χ1n) is 9.45. The van der Waals surface area contributed by atoms with E-state index in [9.17, 15) is 30.8 Å². The molecule has 0 aliphatic heterocycles. The zero-order valence-electron chi connectivity index (χ0n) is 16.7. The van der Waals surface area contributed by atoms with Crippen molar-refractivity contribution in [2.75, 3.05) is 5.32 Å². The second-order valence-corrected chi connectivity index (χ2v) is 9.14. The maximum atomic E-state index is 13.4. The number of hydrogen-bond acceptors (Lipinski definition) is 3. The van der Waals surface area contributed by atoms with Crippen molar-refractivity contribution in [3.05, 3.63) is 94.8 Å². The molecular weight excluding hydrogens is 484 g/mol. The number of halogens is 5. The first-order valence-corrected chi connectivity index (χ1v) is 11.3. The van der Waals surface area contributed by atoms with Gasteiger partial charge in [-0.2, -0.15) is 17.9 Å². The van der Waals surface area contributed by atoms with Gasteiger partial charge in [-0.05, 0) is 54.4 Å². The fourth-order valence-electron chi connectivity index (χ4n) is 2.99. The van der Waals surface area contributed by atoms with Crippen LogP contribution in [0, 0.1) is 5.82 Å². The highest BCUT2D eigenvalue weighted by molar-refractivity contribution is 7.89. The summed E-state index contributed by atoms with van der Waals surface area (Å²) >= 11 is 5.66. The standard InChI is InChI=1S/C22H17ClF4N2O3S/c23-15-6-11-19(18(13-15)22(25,26)27)28-21(30)20(12-14-4-2-1-3-5-14)29-33(31,32)17-9-7-16(24)8-10-17/h1-11,13,20,29H,12H2,(H,28,30)/t20-/m1/s1. The summed E-state index contributed by atoms with van der Waals surface area (Å²) in [6.07, 6.45) is -4.96. The molecule has 0 aromatic heterocycles. The van der Waals surface area contributed by atoms with Crippen molar-refractivity contribution in [2.24, 2.45) is 0 Å². The molecule has 0 saturated heterocycles. The van der Waals surface area contributed by atoms with Gasteiger partial charge < -0.3 is 5.32 Å². The van der Waals surface area contributed by atoms with Crippen LogP contribution in [0.3, 0.4) is 0 Å². The molecule has 33 heavy (non-hydrogen) atoms. The van der Waals surface area contributed by atoms with Crippen LogP contribution >= 0.6 is 11.6 Å². The number of alkyl halides is 3. The maximum absolute atomic E-state index is 13.4. The zero-order chi connectivity index (χ0) is 24.2. The fourth-order valence-corrected chi connectivity index (χ4v) is 4.35. The van der Waals surface area contributed by atoms with Gasteiger partial charge in [0.25, 0.3) is 0 Å². The Labute approximate surface area is 192 Å². The maximum Gasteiger partial charge on any atom is 0.418 e. The minimum atomic E-state index is -4.81. The summed E-state index contributed by atoms with van der Waals surface area (Å²) in [6.45, 7) is 0.